The van der Waals surface area contributed by atoms with Gasteiger partial charge >= 0.3 is 6.09 Å². The lowest BCUT2D eigenvalue weighted by molar-refractivity contribution is -0.142. The number of carbonyl (C=O) groups is 4. The van der Waals surface area contributed by atoms with Crippen LogP contribution in [0.15, 0.2) is 36.5 Å². The van der Waals surface area contributed by atoms with Gasteiger partial charge < -0.3 is 29.7 Å². The molecule has 1 saturated heterocycles. The molecule has 6 rings (SSSR count). The van der Waals surface area contributed by atoms with E-state index in [0.29, 0.717) is 48.6 Å². The summed E-state index contributed by atoms with van der Waals surface area (Å²) in [4.78, 5) is 62.3. The zero-order valence-corrected chi connectivity index (χ0v) is 36.0. The van der Waals surface area contributed by atoms with E-state index in [1.807, 2.05) is 32.9 Å². The molecular formula is C42H66FN5O9S. The second-order valence-corrected chi connectivity index (χ2v) is 19.1. The Kier molecular flexibility index (Phi) is 13.4. The Bertz CT molecular complexity index is 2030. The van der Waals surface area contributed by atoms with Crippen molar-refractivity contribution in [2.75, 3.05) is 13.7 Å². The molecule has 4 amide bonds. The van der Waals surface area contributed by atoms with Crippen LogP contribution in [0.1, 0.15) is 111 Å². The first-order valence-corrected chi connectivity index (χ1v) is 21.9. The maximum absolute atomic E-state index is 14.8. The van der Waals surface area contributed by atoms with Crippen LogP contribution in [0, 0.1) is 23.6 Å². The lowest BCUT2D eigenvalue weighted by Gasteiger charge is -2.33. The van der Waals surface area contributed by atoms with Gasteiger partial charge in [-0.2, -0.15) is 0 Å². The number of rotatable bonds is 8. The molecule has 2 aliphatic carbocycles. The van der Waals surface area contributed by atoms with Gasteiger partial charge in [-0.25, -0.2) is 22.6 Å². The zero-order valence-electron chi connectivity index (χ0n) is 35.1. The molecule has 1 aromatic heterocycles. The summed E-state index contributed by atoms with van der Waals surface area (Å²) in [6.45, 7) is 14.7. The number of hydrogen-bond donors (Lipinski definition) is 3. The largest absolute Gasteiger partial charge is 0.494 e. The van der Waals surface area contributed by atoms with Crippen LogP contribution < -0.4 is 24.8 Å². The summed E-state index contributed by atoms with van der Waals surface area (Å²) in [7, 11) is -2.60. The summed E-state index contributed by atoms with van der Waals surface area (Å²) in [6.07, 6.45) is 6.93. The van der Waals surface area contributed by atoms with Crippen LogP contribution in [0.2, 0.25) is 0 Å². The highest BCUT2D eigenvalue weighted by molar-refractivity contribution is 7.91. The van der Waals surface area contributed by atoms with Crippen LogP contribution in [0.4, 0.5) is 9.18 Å². The number of pyridine rings is 1. The molecule has 0 unspecified atom stereocenters. The molecule has 1 aromatic carbocycles. The van der Waals surface area contributed by atoms with Gasteiger partial charge in [-0.3, -0.25) is 19.1 Å². The van der Waals surface area contributed by atoms with Gasteiger partial charge in [0.15, 0.2) is 0 Å². The molecule has 7 atom stereocenters. The summed E-state index contributed by atoms with van der Waals surface area (Å²) >= 11 is 0. The van der Waals surface area contributed by atoms with Gasteiger partial charge in [0.25, 0.3) is 5.91 Å². The number of amides is 4. The molecule has 58 heavy (non-hydrogen) atoms. The minimum atomic E-state index is -4.03. The molecule has 2 aromatic rings. The number of nitrogens with one attached hydrogen (secondary N) is 3. The average Bonchev–Trinajstić information content (AvgIpc) is 4.06. The van der Waals surface area contributed by atoms with Crippen molar-refractivity contribution >= 4 is 44.6 Å². The molecule has 0 spiro atoms. The fraction of sp³-hybridized carbons (Fsp3) is 0.643. The van der Waals surface area contributed by atoms with Gasteiger partial charge in [0.2, 0.25) is 27.7 Å². The van der Waals surface area contributed by atoms with Crippen molar-refractivity contribution < 1.29 is 50.5 Å². The summed E-state index contributed by atoms with van der Waals surface area (Å²) in [5.74, 6) is -2.81. The lowest BCUT2D eigenvalue weighted by Crippen LogP contribution is -2.59. The molecule has 326 valence electrons. The van der Waals surface area contributed by atoms with Crippen molar-refractivity contribution in [3.63, 3.8) is 0 Å². The minimum absolute atomic E-state index is 0. The fourth-order valence-corrected chi connectivity index (χ4v) is 9.76. The molecule has 0 bridgehead atoms. The number of ether oxygens (including phenoxy) is 3. The summed E-state index contributed by atoms with van der Waals surface area (Å²) < 4.78 is 59.7. The van der Waals surface area contributed by atoms with Crippen molar-refractivity contribution in [2.45, 2.75) is 141 Å². The number of nitrogens with zero attached hydrogens (tertiary/aromatic N) is 2. The number of methoxy groups -OCH3 is 1. The minimum Gasteiger partial charge on any atom is -0.494 e. The van der Waals surface area contributed by atoms with Crippen molar-refractivity contribution in [1.82, 2.24) is 25.2 Å². The maximum Gasteiger partial charge on any atom is 0.408 e. The summed E-state index contributed by atoms with van der Waals surface area (Å²) in [5.41, 5.74) is -2.41. The first-order chi connectivity index (χ1) is 27.3. The van der Waals surface area contributed by atoms with E-state index in [9.17, 15) is 32.0 Å². The molecule has 14 nitrogen and oxygen atoms in total. The van der Waals surface area contributed by atoms with E-state index in [0.717, 1.165) is 6.42 Å². The van der Waals surface area contributed by atoms with E-state index in [1.54, 1.807) is 27.7 Å². The number of sulfonamides is 1. The van der Waals surface area contributed by atoms with E-state index in [2.05, 4.69) is 27.3 Å². The van der Waals surface area contributed by atoms with Crippen molar-refractivity contribution in [2.24, 2.45) is 17.8 Å². The number of aromatic nitrogens is 1. The second kappa shape index (κ2) is 17.4. The zero-order chi connectivity index (χ0) is 42.8. The second-order valence-electron chi connectivity index (χ2n) is 17.0. The Hall–Kier alpha value is -4.47. The molecule has 2 aliphatic heterocycles. The highest BCUT2D eigenvalue weighted by atomic mass is 32.2. The van der Waals surface area contributed by atoms with Crippen LogP contribution >= 0.6 is 0 Å². The normalized spacial score (nSPS) is 28.8. The van der Waals surface area contributed by atoms with Gasteiger partial charge in [-0.05, 0) is 95.8 Å². The van der Waals surface area contributed by atoms with E-state index >= 15 is 0 Å². The van der Waals surface area contributed by atoms with E-state index < -0.39 is 79.6 Å². The predicted molar refractivity (Wildman–Crippen MR) is 223 cm³/mol. The third-order valence-corrected chi connectivity index (χ3v) is 13.9. The van der Waals surface area contributed by atoms with Gasteiger partial charge in [0.1, 0.15) is 40.9 Å². The SMILES string of the molecule is CC.CCC1(S(=O)(=O)NC(=O)[C@@]23C[C@H]2/C=C\CC[C@H](C)C[C@@H](C)[C@H](NC(=O)OC(C)(C)C)C(=O)N2C[C@H](Oc4ncc(OC)c5cc(F)ccc45)C[C@H]2C(=O)N3)CC1.[HH].[HH].[HH]. The molecule has 4 aliphatic rings. The Morgan fingerprint density at radius 3 is 2.47 bits per heavy atom. The van der Waals surface area contributed by atoms with Crippen LogP contribution in [-0.4, -0.2) is 89.8 Å². The number of hydrogen-bond acceptors (Lipinski definition) is 10. The number of fused-ring (bicyclic) bond motifs is 3. The van der Waals surface area contributed by atoms with Gasteiger partial charge in [0.05, 0.1) is 24.6 Å². The van der Waals surface area contributed by atoms with Crippen LogP contribution in [0.25, 0.3) is 10.8 Å². The van der Waals surface area contributed by atoms with E-state index in [1.165, 1.54) is 36.4 Å². The smallest absolute Gasteiger partial charge is 0.408 e. The molecule has 16 heteroatoms. The number of allylic oxidation sites excluding steroid dienone is 1. The molecular weight excluding hydrogens is 770 g/mol. The van der Waals surface area contributed by atoms with Gasteiger partial charge in [0, 0.05) is 27.4 Å². The molecule has 2 saturated carbocycles. The average molecular weight is 836 g/mol. The number of benzene rings is 1. The Morgan fingerprint density at radius 2 is 1.83 bits per heavy atom. The molecule has 3 heterocycles. The third-order valence-electron chi connectivity index (χ3n) is 11.6. The molecule has 3 N–H and O–H groups in total. The topological polar surface area (TPSA) is 182 Å². The first-order valence-electron chi connectivity index (χ1n) is 20.5. The highest BCUT2D eigenvalue weighted by Crippen LogP contribution is 2.49. The number of carbonyl (C=O) groups excluding carboxylic acids is 4. The predicted octanol–water partition coefficient (Wildman–Crippen LogP) is 6.66. The standard InChI is InChI=1S/C40H54FN5O9S.C2H6.3H2/c1-8-39(15-16-39)56(51,52)45-36(49)40-20-25(40)12-10-9-11-23(2)17-24(3)32(43-37(50)55-38(4,5)6)35(48)46-22-27(19-30(46)33(47)44-40)54-34-28-14-13-26(41)18-29(28)31(53-7)21-42-34;1-2;;;/h10,12-14,18,21,23-25,27,30,32H,8-9,11,15-17,19-20,22H2,1-7H3,(H,43,50)(H,44,47)(H,45,49);1-2H3;3*1H/b12-10-;;;;/t23-,24+,25+,27+,30-,32-,40+;;;;/m0..../s1. The Morgan fingerprint density at radius 1 is 1.12 bits per heavy atom. The fourth-order valence-electron chi connectivity index (χ4n) is 8.10. The van der Waals surface area contributed by atoms with Gasteiger partial charge in [-0.15, -0.1) is 0 Å². The molecule has 3 fully saturated rings. The monoisotopic (exact) mass is 835 g/mol. The highest BCUT2D eigenvalue weighted by Gasteiger charge is 2.63. The maximum atomic E-state index is 14.8. The quantitative estimate of drug-likeness (QED) is 0.243. The summed E-state index contributed by atoms with van der Waals surface area (Å²) in [5, 5.41) is 6.53. The third kappa shape index (κ3) is 9.52. The lowest BCUT2D eigenvalue weighted by atomic mass is 9.88. The summed E-state index contributed by atoms with van der Waals surface area (Å²) in [6, 6.07) is 1.78. The van der Waals surface area contributed by atoms with Gasteiger partial charge in [-0.1, -0.05) is 46.8 Å². The Balaban J connectivity index is 0.00000252. The van der Waals surface area contributed by atoms with Crippen molar-refractivity contribution in [3.8, 4) is 11.6 Å². The van der Waals surface area contributed by atoms with E-state index in [-0.39, 0.29) is 41.4 Å². The number of halogens is 1. The van der Waals surface area contributed by atoms with Crippen LogP contribution in [0.5, 0.6) is 11.6 Å². The van der Waals surface area contributed by atoms with Crippen molar-refractivity contribution in [1.29, 1.82) is 0 Å². The number of alkyl carbamates (subject to hydrolysis) is 1. The van der Waals surface area contributed by atoms with E-state index in [4.69, 9.17) is 14.2 Å². The first kappa shape index (κ1) is 44.6. The van der Waals surface area contributed by atoms with Crippen molar-refractivity contribution in [3.05, 3.63) is 42.4 Å². The van der Waals surface area contributed by atoms with Crippen LogP contribution in [-0.2, 0) is 29.1 Å². The van der Waals surface area contributed by atoms with Crippen LogP contribution in [0.3, 0.4) is 0 Å². The Labute approximate surface area is 345 Å². The molecule has 0 radical (unpaired) electrons.